The number of carbonyl (C=O) groups excluding carboxylic acids is 1. The van der Waals surface area contributed by atoms with Crippen LogP contribution in [0.4, 0.5) is 0 Å². The van der Waals surface area contributed by atoms with E-state index in [1.165, 1.54) is 0 Å². The van der Waals surface area contributed by atoms with E-state index in [1.807, 2.05) is 20.8 Å². The van der Waals surface area contributed by atoms with Gasteiger partial charge in [0.25, 0.3) is 0 Å². The molecule has 3 heteroatoms. The molecule has 0 aliphatic rings. The summed E-state index contributed by atoms with van der Waals surface area (Å²) in [4.78, 5) is 11.5. The Hall–Kier alpha value is -1.12. The van der Waals surface area contributed by atoms with Crippen molar-refractivity contribution >= 4 is 5.78 Å². The lowest BCUT2D eigenvalue weighted by Gasteiger charge is -2.15. The highest BCUT2D eigenvalue weighted by atomic mass is 16.1. The van der Waals surface area contributed by atoms with Gasteiger partial charge in [-0.3, -0.25) is 9.89 Å². The minimum atomic E-state index is 0.0438. The molecule has 0 fully saturated rings. The predicted octanol–water partition coefficient (Wildman–Crippen LogP) is 2.03. The van der Waals surface area contributed by atoms with E-state index in [4.69, 9.17) is 0 Å². The van der Waals surface area contributed by atoms with E-state index in [-0.39, 0.29) is 11.2 Å². The lowest BCUT2D eigenvalue weighted by Crippen LogP contribution is -2.13. The monoisotopic (exact) mass is 166 g/mol. The molecule has 1 heterocycles. The van der Waals surface area contributed by atoms with Crippen LogP contribution in [0.25, 0.3) is 0 Å². The molecular formula is C9H14N2O. The van der Waals surface area contributed by atoms with Crippen LogP contribution in [0.5, 0.6) is 0 Å². The number of H-pyrrole nitrogens is 1. The number of hydrogen-bond donors (Lipinski definition) is 1. The number of ketones is 1. The molecule has 1 rings (SSSR count). The molecule has 3 nitrogen and oxygen atoms in total. The van der Waals surface area contributed by atoms with E-state index in [2.05, 4.69) is 10.2 Å². The highest BCUT2D eigenvalue weighted by Crippen LogP contribution is 2.20. The van der Waals surface area contributed by atoms with Crippen LogP contribution in [0.3, 0.4) is 0 Å². The minimum absolute atomic E-state index is 0.0438. The summed E-state index contributed by atoms with van der Waals surface area (Å²) < 4.78 is 0. The van der Waals surface area contributed by atoms with Crippen molar-refractivity contribution in [1.29, 1.82) is 0 Å². The molecule has 0 spiro atoms. The second-order valence-electron chi connectivity index (χ2n) is 4.13. The average Bonchev–Trinajstić information content (AvgIpc) is 2.32. The highest BCUT2D eigenvalue weighted by molar-refractivity contribution is 5.94. The van der Waals surface area contributed by atoms with Crippen LogP contribution in [0.15, 0.2) is 12.3 Å². The maximum absolute atomic E-state index is 11.5. The van der Waals surface area contributed by atoms with Crippen molar-refractivity contribution in [3.8, 4) is 0 Å². The van der Waals surface area contributed by atoms with Crippen molar-refractivity contribution < 1.29 is 4.79 Å². The van der Waals surface area contributed by atoms with Gasteiger partial charge in [0.2, 0.25) is 0 Å². The van der Waals surface area contributed by atoms with Crippen molar-refractivity contribution in [2.75, 3.05) is 0 Å². The molecule has 0 unspecified atom stereocenters. The van der Waals surface area contributed by atoms with Crippen molar-refractivity contribution in [2.24, 2.45) is 5.41 Å². The first-order chi connectivity index (χ1) is 5.49. The van der Waals surface area contributed by atoms with Crippen molar-refractivity contribution in [3.63, 3.8) is 0 Å². The van der Waals surface area contributed by atoms with Crippen molar-refractivity contribution in [1.82, 2.24) is 10.2 Å². The van der Waals surface area contributed by atoms with E-state index >= 15 is 0 Å². The zero-order chi connectivity index (χ0) is 9.19. The Morgan fingerprint density at radius 2 is 2.25 bits per heavy atom. The smallest absolute Gasteiger partial charge is 0.181 e. The normalized spacial score (nSPS) is 11.6. The Balaban J connectivity index is 2.63. The van der Waals surface area contributed by atoms with E-state index in [9.17, 15) is 4.79 Å². The third kappa shape index (κ3) is 2.49. The molecule has 12 heavy (non-hydrogen) atoms. The van der Waals surface area contributed by atoms with Crippen LogP contribution in [-0.4, -0.2) is 16.0 Å². The molecule has 0 aromatic carbocycles. The fourth-order valence-electron chi connectivity index (χ4n) is 0.988. The summed E-state index contributed by atoms with van der Waals surface area (Å²) in [7, 11) is 0. The largest absolute Gasteiger partial charge is 0.292 e. The summed E-state index contributed by atoms with van der Waals surface area (Å²) in [5.74, 6) is 0.125. The summed E-state index contributed by atoms with van der Waals surface area (Å²) in [5.41, 5.74) is 0.646. The van der Waals surface area contributed by atoms with Crippen molar-refractivity contribution in [2.45, 2.75) is 27.2 Å². The van der Waals surface area contributed by atoms with Gasteiger partial charge in [-0.2, -0.15) is 5.10 Å². The average molecular weight is 166 g/mol. The fourth-order valence-corrected chi connectivity index (χ4v) is 0.988. The molecule has 0 saturated heterocycles. The Labute approximate surface area is 72.2 Å². The quantitative estimate of drug-likeness (QED) is 0.683. The summed E-state index contributed by atoms with van der Waals surface area (Å²) >= 11 is 0. The molecule has 0 bridgehead atoms. The second-order valence-corrected chi connectivity index (χ2v) is 4.13. The number of rotatable bonds is 2. The minimum Gasteiger partial charge on any atom is -0.292 e. The van der Waals surface area contributed by atoms with Gasteiger partial charge in [-0.05, 0) is 11.5 Å². The predicted molar refractivity (Wildman–Crippen MR) is 47.0 cm³/mol. The number of aromatic nitrogens is 2. The van der Waals surface area contributed by atoms with Crippen LogP contribution in [0.2, 0.25) is 0 Å². The van der Waals surface area contributed by atoms with Gasteiger partial charge in [0.05, 0.1) is 0 Å². The van der Waals surface area contributed by atoms with Gasteiger partial charge < -0.3 is 0 Å². The van der Waals surface area contributed by atoms with Gasteiger partial charge >= 0.3 is 0 Å². The fraction of sp³-hybridized carbons (Fsp3) is 0.556. The van der Waals surface area contributed by atoms with Crippen LogP contribution in [0, 0.1) is 5.41 Å². The molecule has 0 amide bonds. The third-order valence-electron chi connectivity index (χ3n) is 1.49. The molecule has 0 radical (unpaired) electrons. The Bertz CT molecular complexity index is 257. The maximum atomic E-state index is 11.5. The van der Waals surface area contributed by atoms with Crippen LogP contribution in [0.1, 0.15) is 37.7 Å². The Morgan fingerprint density at radius 3 is 2.67 bits per heavy atom. The molecule has 1 aromatic heterocycles. The van der Waals surface area contributed by atoms with Crippen molar-refractivity contribution in [3.05, 3.63) is 18.0 Å². The van der Waals surface area contributed by atoms with E-state index in [0.717, 1.165) is 0 Å². The SMILES string of the molecule is CC(C)(C)CC(=O)c1ccn[nH]1. The van der Waals surface area contributed by atoms with Gasteiger partial charge in [-0.15, -0.1) is 0 Å². The van der Waals surface area contributed by atoms with Gasteiger partial charge in [0, 0.05) is 12.6 Å². The topological polar surface area (TPSA) is 45.8 Å². The highest BCUT2D eigenvalue weighted by Gasteiger charge is 2.17. The van der Waals surface area contributed by atoms with Crippen LogP contribution in [-0.2, 0) is 0 Å². The van der Waals surface area contributed by atoms with Gasteiger partial charge in [-0.1, -0.05) is 20.8 Å². The lowest BCUT2D eigenvalue weighted by atomic mass is 9.89. The molecule has 0 atom stereocenters. The molecule has 1 aromatic rings. The molecule has 0 aliphatic heterocycles. The summed E-state index contributed by atoms with van der Waals surface area (Å²) in [5, 5.41) is 6.39. The summed E-state index contributed by atoms with van der Waals surface area (Å²) in [6.45, 7) is 6.13. The standard InChI is InChI=1S/C9H14N2O/c1-9(2,3)6-8(12)7-4-5-10-11-7/h4-5H,6H2,1-3H3,(H,10,11). The number of nitrogens with one attached hydrogen (secondary N) is 1. The number of hydrogen-bond acceptors (Lipinski definition) is 2. The first-order valence-electron chi connectivity index (χ1n) is 4.02. The maximum Gasteiger partial charge on any atom is 0.181 e. The summed E-state index contributed by atoms with van der Waals surface area (Å²) in [6, 6.07) is 1.70. The lowest BCUT2D eigenvalue weighted by molar-refractivity contribution is 0.0935. The number of nitrogens with zero attached hydrogens (tertiary/aromatic N) is 1. The molecular weight excluding hydrogens is 152 g/mol. The van der Waals surface area contributed by atoms with E-state index in [0.29, 0.717) is 12.1 Å². The first kappa shape index (κ1) is 8.97. The number of Topliss-reactive ketones (excluding diaryl/α,β-unsaturated/α-hetero) is 1. The second kappa shape index (κ2) is 3.09. The molecule has 66 valence electrons. The van der Waals surface area contributed by atoms with Gasteiger partial charge in [-0.25, -0.2) is 0 Å². The van der Waals surface area contributed by atoms with E-state index in [1.54, 1.807) is 12.3 Å². The van der Waals surface area contributed by atoms with Gasteiger partial charge in [0.1, 0.15) is 5.69 Å². The Morgan fingerprint density at radius 1 is 1.58 bits per heavy atom. The third-order valence-corrected chi connectivity index (χ3v) is 1.49. The van der Waals surface area contributed by atoms with Gasteiger partial charge in [0.15, 0.2) is 5.78 Å². The zero-order valence-corrected chi connectivity index (χ0v) is 7.72. The molecule has 0 saturated carbocycles. The van der Waals surface area contributed by atoms with E-state index < -0.39 is 0 Å². The van der Waals surface area contributed by atoms with Crippen LogP contribution >= 0.6 is 0 Å². The Kier molecular flexibility index (Phi) is 2.31. The first-order valence-corrected chi connectivity index (χ1v) is 4.02. The number of carbonyl (C=O) groups is 1. The summed E-state index contributed by atoms with van der Waals surface area (Å²) in [6.07, 6.45) is 2.14. The zero-order valence-electron chi connectivity index (χ0n) is 7.72. The molecule has 1 N–H and O–H groups in total. The number of aromatic amines is 1. The van der Waals surface area contributed by atoms with Crippen LogP contribution < -0.4 is 0 Å². The molecule has 0 aliphatic carbocycles.